The first-order valence-corrected chi connectivity index (χ1v) is 9.19. The van der Waals surface area contributed by atoms with Gasteiger partial charge in [0.25, 0.3) is 0 Å². The first kappa shape index (κ1) is 19.1. The Hall–Kier alpha value is -2.66. The molecule has 1 heterocycles. The van der Waals surface area contributed by atoms with Gasteiger partial charge in [-0.1, -0.05) is 47.1 Å². The number of aromatic nitrogens is 2. The third-order valence-corrected chi connectivity index (χ3v) is 4.78. The molecule has 0 spiro atoms. The third kappa shape index (κ3) is 4.95. The second-order valence-corrected chi connectivity index (χ2v) is 7.13. The van der Waals surface area contributed by atoms with E-state index in [0.29, 0.717) is 29.6 Å². The highest BCUT2D eigenvalue weighted by Gasteiger charge is 2.15. The summed E-state index contributed by atoms with van der Waals surface area (Å²) in [5.41, 5.74) is 4.45. The van der Waals surface area contributed by atoms with Gasteiger partial charge in [0, 0.05) is 24.1 Å². The number of nitrogens with zero attached hydrogens (tertiary/aromatic N) is 3. The molecule has 3 rings (SSSR count). The maximum atomic E-state index is 12.4. The van der Waals surface area contributed by atoms with Gasteiger partial charge < -0.3 is 9.42 Å². The van der Waals surface area contributed by atoms with E-state index in [1.54, 1.807) is 24.1 Å². The van der Waals surface area contributed by atoms with E-state index in [0.717, 1.165) is 5.56 Å². The van der Waals surface area contributed by atoms with E-state index >= 15 is 0 Å². The molecule has 27 heavy (non-hydrogen) atoms. The average Bonchev–Trinajstić information content (AvgIpc) is 3.11. The van der Waals surface area contributed by atoms with Crippen molar-refractivity contribution in [2.75, 3.05) is 7.05 Å². The number of rotatable bonds is 6. The predicted molar refractivity (Wildman–Crippen MR) is 105 cm³/mol. The molecule has 0 aliphatic heterocycles. The Bertz CT molecular complexity index is 952. The molecule has 0 unspecified atom stereocenters. The lowest BCUT2D eigenvalue weighted by Crippen LogP contribution is -2.26. The van der Waals surface area contributed by atoms with Crippen LogP contribution < -0.4 is 0 Å². The Balaban J connectivity index is 1.57. The average molecular weight is 384 g/mol. The fourth-order valence-corrected chi connectivity index (χ4v) is 2.95. The molecule has 0 aliphatic carbocycles. The summed E-state index contributed by atoms with van der Waals surface area (Å²) in [6.07, 6.45) is 1.15. The number of benzene rings is 2. The summed E-state index contributed by atoms with van der Waals surface area (Å²) in [4.78, 5) is 18.4. The highest BCUT2D eigenvalue weighted by atomic mass is 35.5. The highest BCUT2D eigenvalue weighted by Crippen LogP contribution is 2.20. The summed E-state index contributed by atoms with van der Waals surface area (Å²) in [5, 5.41) is 4.58. The van der Waals surface area contributed by atoms with Gasteiger partial charge in [0.1, 0.15) is 0 Å². The minimum absolute atomic E-state index is 0.0377. The van der Waals surface area contributed by atoms with Gasteiger partial charge in [-0.3, -0.25) is 4.79 Å². The standard InChI is InChI=1S/C21H22ClN3O2/c1-14-7-8-16(11-15(14)2)9-10-20(26)25(3)13-19-23-21(24-27-19)17-5-4-6-18(22)12-17/h4-8,11-12H,9-10,13H2,1-3H3. The van der Waals surface area contributed by atoms with E-state index < -0.39 is 0 Å². The molecule has 0 radical (unpaired) electrons. The number of carbonyl (C=O) groups is 1. The van der Waals surface area contributed by atoms with Crippen molar-refractivity contribution in [2.45, 2.75) is 33.2 Å². The molecule has 0 N–H and O–H groups in total. The molecule has 0 atom stereocenters. The second kappa shape index (κ2) is 8.35. The fourth-order valence-electron chi connectivity index (χ4n) is 2.76. The smallest absolute Gasteiger partial charge is 0.246 e. The lowest BCUT2D eigenvalue weighted by Gasteiger charge is -2.14. The van der Waals surface area contributed by atoms with Crippen molar-refractivity contribution in [1.29, 1.82) is 0 Å². The minimum Gasteiger partial charge on any atom is -0.337 e. The van der Waals surface area contributed by atoms with Gasteiger partial charge >= 0.3 is 0 Å². The van der Waals surface area contributed by atoms with Crippen LogP contribution in [-0.2, 0) is 17.8 Å². The number of hydrogen-bond acceptors (Lipinski definition) is 4. The Morgan fingerprint density at radius 2 is 1.96 bits per heavy atom. The van der Waals surface area contributed by atoms with Gasteiger partial charge in [-0.15, -0.1) is 0 Å². The first-order valence-electron chi connectivity index (χ1n) is 8.81. The van der Waals surface area contributed by atoms with Gasteiger partial charge in [-0.05, 0) is 49.1 Å². The molecular formula is C21H22ClN3O2. The molecule has 1 amide bonds. The number of halogens is 1. The van der Waals surface area contributed by atoms with Gasteiger partial charge in [-0.25, -0.2) is 0 Å². The SMILES string of the molecule is Cc1ccc(CCC(=O)N(C)Cc2nc(-c3cccc(Cl)c3)no2)cc1C. The van der Waals surface area contributed by atoms with E-state index in [1.807, 2.05) is 12.1 Å². The monoisotopic (exact) mass is 383 g/mol. The van der Waals surface area contributed by atoms with Crippen LogP contribution in [0.25, 0.3) is 11.4 Å². The van der Waals surface area contributed by atoms with Gasteiger partial charge in [-0.2, -0.15) is 4.98 Å². The summed E-state index contributed by atoms with van der Waals surface area (Å²) in [6, 6.07) is 13.6. The summed E-state index contributed by atoms with van der Waals surface area (Å²) >= 11 is 5.99. The van der Waals surface area contributed by atoms with Crippen molar-refractivity contribution in [3.63, 3.8) is 0 Å². The molecule has 2 aromatic carbocycles. The Kier molecular flexibility index (Phi) is 5.91. The van der Waals surface area contributed by atoms with Crippen LogP contribution in [0, 0.1) is 13.8 Å². The van der Waals surface area contributed by atoms with Crippen molar-refractivity contribution in [1.82, 2.24) is 15.0 Å². The normalized spacial score (nSPS) is 10.8. The van der Waals surface area contributed by atoms with Crippen LogP contribution in [0.15, 0.2) is 47.0 Å². The van der Waals surface area contributed by atoms with E-state index in [9.17, 15) is 4.79 Å². The molecular weight excluding hydrogens is 362 g/mol. The lowest BCUT2D eigenvalue weighted by molar-refractivity contribution is -0.130. The number of hydrogen-bond donors (Lipinski definition) is 0. The van der Waals surface area contributed by atoms with E-state index in [2.05, 4.69) is 42.2 Å². The Morgan fingerprint density at radius 1 is 1.15 bits per heavy atom. The van der Waals surface area contributed by atoms with Crippen LogP contribution >= 0.6 is 11.6 Å². The number of carbonyl (C=O) groups excluding carboxylic acids is 1. The predicted octanol–water partition coefficient (Wildman–Crippen LogP) is 4.60. The zero-order valence-corrected chi connectivity index (χ0v) is 16.5. The zero-order valence-electron chi connectivity index (χ0n) is 15.7. The maximum absolute atomic E-state index is 12.4. The molecule has 5 nitrogen and oxygen atoms in total. The lowest BCUT2D eigenvalue weighted by atomic mass is 10.0. The fraction of sp³-hybridized carbons (Fsp3) is 0.286. The Morgan fingerprint density at radius 3 is 2.70 bits per heavy atom. The van der Waals surface area contributed by atoms with Crippen LogP contribution in [0.4, 0.5) is 0 Å². The van der Waals surface area contributed by atoms with Gasteiger partial charge in [0.05, 0.1) is 6.54 Å². The molecule has 3 aromatic rings. The zero-order chi connectivity index (χ0) is 19.4. The van der Waals surface area contributed by atoms with Crippen LogP contribution in [0.2, 0.25) is 5.02 Å². The van der Waals surface area contributed by atoms with Crippen molar-refractivity contribution in [3.05, 3.63) is 70.1 Å². The molecule has 0 aliphatic rings. The second-order valence-electron chi connectivity index (χ2n) is 6.69. The summed E-state index contributed by atoms with van der Waals surface area (Å²) in [5.74, 6) is 0.895. The van der Waals surface area contributed by atoms with Gasteiger partial charge in [0.15, 0.2) is 0 Å². The first-order chi connectivity index (χ1) is 12.9. The molecule has 1 aromatic heterocycles. The van der Waals surface area contributed by atoms with Crippen LogP contribution in [-0.4, -0.2) is 28.0 Å². The van der Waals surface area contributed by atoms with Crippen LogP contribution in [0.1, 0.15) is 29.0 Å². The third-order valence-electron chi connectivity index (χ3n) is 4.55. The van der Waals surface area contributed by atoms with E-state index in [1.165, 1.54) is 16.7 Å². The quantitative estimate of drug-likeness (QED) is 0.624. The molecule has 0 fully saturated rings. The van der Waals surface area contributed by atoms with Crippen molar-refractivity contribution in [3.8, 4) is 11.4 Å². The topological polar surface area (TPSA) is 59.2 Å². The molecule has 6 heteroatoms. The molecule has 0 saturated heterocycles. The minimum atomic E-state index is 0.0377. The maximum Gasteiger partial charge on any atom is 0.246 e. The van der Waals surface area contributed by atoms with Crippen molar-refractivity contribution >= 4 is 17.5 Å². The Labute approximate surface area is 164 Å². The number of amides is 1. The number of aryl methyl sites for hydroxylation is 3. The van der Waals surface area contributed by atoms with E-state index in [4.69, 9.17) is 16.1 Å². The van der Waals surface area contributed by atoms with Crippen molar-refractivity contribution in [2.24, 2.45) is 0 Å². The molecule has 140 valence electrons. The summed E-state index contributed by atoms with van der Waals surface area (Å²) in [7, 11) is 1.74. The largest absolute Gasteiger partial charge is 0.337 e. The van der Waals surface area contributed by atoms with E-state index in [-0.39, 0.29) is 12.5 Å². The molecule has 0 saturated carbocycles. The summed E-state index contributed by atoms with van der Waals surface area (Å²) < 4.78 is 5.27. The van der Waals surface area contributed by atoms with Crippen LogP contribution in [0.3, 0.4) is 0 Å². The summed E-state index contributed by atoms with van der Waals surface area (Å²) in [6.45, 7) is 4.44. The van der Waals surface area contributed by atoms with Crippen molar-refractivity contribution < 1.29 is 9.32 Å². The van der Waals surface area contributed by atoms with Crippen LogP contribution in [0.5, 0.6) is 0 Å². The highest BCUT2D eigenvalue weighted by molar-refractivity contribution is 6.30. The van der Waals surface area contributed by atoms with Gasteiger partial charge in [0.2, 0.25) is 17.6 Å². The molecule has 0 bridgehead atoms.